The molecular formula is C27H30FN5O3. The molecule has 0 aliphatic rings. The lowest BCUT2D eigenvalue weighted by atomic mass is 10.1. The molecule has 0 unspecified atom stereocenters. The lowest BCUT2D eigenvalue weighted by Crippen LogP contribution is -2.27. The van der Waals surface area contributed by atoms with E-state index >= 15 is 0 Å². The van der Waals surface area contributed by atoms with E-state index in [1.807, 2.05) is 39.3 Å². The fourth-order valence-electron chi connectivity index (χ4n) is 3.97. The predicted octanol–water partition coefficient (Wildman–Crippen LogP) is 5.57. The summed E-state index contributed by atoms with van der Waals surface area (Å²) in [4.78, 5) is 21.7. The first-order chi connectivity index (χ1) is 17.1. The number of hydrogen-bond acceptors (Lipinski definition) is 6. The Kier molecular flexibility index (Phi) is 6.92. The number of aromatic nitrogens is 4. The number of anilines is 1. The van der Waals surface area contributed by atoms with Gasteiger partial charge in [-0.15, -0.1) is 0 Å². The van der Waals surface area contributed by atoms with Gasteiger partial charge in [0, 0.05) is 23.2 Å². The fourth-order valence-corrected chi connectivity index (χ4v) is 3.97. The molecule has 1 aromatic carbocycles. The number of carbonyl (C=O) groups is 1. The van der Waals surface area contributed by atoms with Crippen LogP contribution in [-0.2, 0) is 23.2 Å². The van der Waals surface area contributed by atoms with Gasteiger partial charge in [0.15, 0.2) is 0 Å². The lowest BCUT2D eigenvalue weighted by molar-refractivity contribution is -0.115. The van der Waals surface area contributed by atoms with Crippen molar-refractivity contribution in [1.82, 2.24) is 19.7 Å². The van der Waals surface area contributed by atoms with Crippen LogP contribution in [0.4, 0.5) is 10.2 Å². The number of nitrogens with zero attached hydrogens (tertiary/aromatic N) is 4. The molecule has 0 saturated heterocycles. The Morgan fingerprint density at radius 2 is 1.89 bits per heavy atom. The number of rotatable bonds is 7. The minimum absolute atomic E-state index is 0.00305. The van der Waals surface area contributed by atoms with E-state index in [1.165, 1.54) is 25.4 Å². The smallest absolute Gasteiger partial charge is 0.231 e. The highest BCUT2D eigenvalue weighted by molar-refractivity contribution is 5.92. The molecule has 8 nitrogen and oxygen atoms in total. The Hall–Kier alpha value is -4.01. The third-order valence-corrected chi connectivity index (χ3v) is 5.79. The first kappa shape index (κ1) is 25.1. The molecule has 0 aliphatic carbocycles. The maximum atomic E-state index is 13.8. The summed E-state index contributed by atoms with van der Waals surface area (Å²) in [5.74, 6) is 1.30. The van der Waals surface area contributed by atoms with Gasteiger partial charge < -0.3 is 14.8 Å². The van der Waals surface area contributed by atoms with Gasteiger partial charge in [-0.25, -0.2) is 9.07 Å². The SMILES string of the molecule is CCc1nn(C(C)(C)C)c(NC(=O)Cc2ncc(Oc3ccnc4ccc(F)cc34)cc2OC)c1C. The highest BCUT2D eigenvalue weighted by Gasteiger charge is 2.24. The van der Waals surface area contributed by atoms with Crippen LogP contribution < -0.4 is 14.8 Å². The van der Waals surface area contributed by atoms with Crippen molar-refractivity contribution < 1.29 is 18.7 Å². The van der Waals surface area contributed by atoms with Crippen LogP contribution in [0.2, 0.25) is 0 Å². The highest BCUT2D eigenvalue weighted by Crippen LogP contribution is 2.32. The van der Waals surface area contributed by atoms with Gasteiger partial charge in [0.2, 0.25) is 5.91 Å². The molecule has 1 N–H and O–H groups in total. The Labute approximate surface area is 209 Å². The van der Waals surface area contributed by atoms with E-state index in [0.29, 0.717) is 39.7 Å². The zero-order valence-corrected chi connectivity index (χ0v) is 21.3. The standard InChI is InChI=1S/C27H30FN5O3/c1-7-20-16(2)26(33(32-20)27(3,4)5)31-25(34)14-22-24(35-6)13-18(15-30-22)36-23-10-11-29-21-9-8-17(28)12-19(21)23/h8-13,15H,7,14H2,1-6H3,(H,31,34). The second kappa shape index (κ2) is 9.93. The van der Waals surface area contributed by atoms with E-state index in [1.54, 1.807) is 24.4 Å². The molecule has 4 aromatic rings. The lowest BCUT2D eigenvalue weighted by Gasteiger charge is -2.23. The molecule has 0 atom stereocenters. The average Bonchev–Trinajstić information content (AvgIpc) is 3.15. The molecule has 4 rings (SSSR count). The van der Waals surface area contributed by atoms with Crippen molar-refractivity contribution in [2.45, 2.75) is 53.0 Å². The molecule has 3 heterocycles. The van der Waals surface area contributed by atoms with Crippen LogP contribution in [0.3, 0.4) is 0 Å². The number of aryl methyl sites for hydroxylation is 1. The molecule has 1 amide bonds. The van der Waals surface area contributed by atoms with Crippen LogP contribution in [0.5, 0.6) is 17.2 Å². The summed E-state index contributed by atoms with van der Waals surface area (Å²) in [5, 5.41) is 8.24. The van der Waals surface area contributed by atoms with Gasteiger partial charge in [0.05, 0.1) is 42.2 Å². The van der Waals surface area contributed by atoms with Crippen molar-refractivity contribution in [2.24, 2.45) is 0 Å². The van der Waals surface area contributed by atoms with E-state index in [9.17, 15) is 9.18 Å². The molecule has 0 bridgehead atoms. The minimum atomic E-state index is -0.383. The van der Waals surface area contributed by atoms with Crippen LogP contribution in [-0.4, -0.2) is 32.8 Å². The first-order valence-electron chi connectivity index (χ1n) is 11.7. The molecule has 0 radical (unpaired) electrons. The van der Waals surface area contributed by atoms with E-state index in [4.69, 9.17) is 9.47 Å². The Bertz CT molecular complexity index is 1430. The number of fused-ring (bicyclic) bond motifs is 1. The summed E-state index contributed by atoms with van der Waals surface area (Å²) in [6.07, 6.45) is 3.88. The number of hydrogen-bond donors (Lipinski definition) is 1. The number of ether oxygens (including phenoxy) is 2. The van der Waals surface area contributed by atoms with Crippen molar-refractivity contribution in [3.63, 3.8) is 0 Å². The largest absolute Gasteiger partial charge is 0.495 e. The Morgan fingerprint density at radius 1 is 1.11 bits per heavy atom. The highest BCUT2D eigenvalue weighted by atomic mass is 19.1. The number of carbonyl (C=O) groups excluding carboxylic acids is 1. The van der Waals surface area contributed by atoms with Gasteiger partial charge in [-0.2, -0.15) is 5.10 Å². The molecule has 36 heavy (non-hydrogen) atoms. The van der Waals surface area contributed by atoms with Crippen molar-refractivity contribution in [2.75, 3.05) is 12.4 Å². The maximum absolute atomic E-state index is 13.8. The van der Waals surface area contributed by atoms with Gasteiger partial charge in [-0.1, -0.05) is 6.92 Å². The van der Waals surface area contributed by atoms with Crippen molar-refractivity contribution >= 4 is 22.6 Å². The number of pyridine rings is 2. The zero-order chi connectivity index (χ0) is 26.0. The van der Waals surface area contributed by atoms with Crippen LogP contribution in [0.15, 0.2) is 42.7 Å². The van der Waals surface area contributed by atoms with Gasteiger partial charge in [0.1, 0.15) is 28.9 Å². The molecule has 0 spiro atoms. The molecule has 0 saturated carbocycles. The Morgan fingerprint density at radius 3 is 2.58 bits per heavy atom. The van der Waals surface area contributed by atoms with Crippen molar-refractivity contribution in [3.05, 3.63) is 65.5 Å². The summed E-state index contributed by atoms with van der Waals surface area (Å²) >= 11 is 0. The van der Waals surface area contributed by atoms with Gasteiger partial charge in [0.25, 0.3) is 0 Å². The summed E-state index contributed by atoms with van der Waals surface area (Å²) < 4.78 is 27.1. The van der Waals surface area contributed by atoms with E-state index in [2.05, 4.69) is 20.4 Å². The summed E-state index contributed by atoms with van der Waals surface area (Å²) in [6.45, 7) is 10.1. The number of halogens is 1. The van der Waals surface area contributed by atoms with Gasteiger partial charge in [-0.3, -0.25) is 14.8 Å². The topological polar surface area (TPSA) is 91.2 Å². The van der Waals surface area contributed by atoms with Crippen LogP contribution in [0.1, 0.15) is 44.6 Å². The van der Waals surface area contributed by atoms with E-state index in [0.717, 1.165) is 17.7 Å². The second-order valence-electron chi connectivity index (χ2n) is 9.47. The molecule has 188 valence electrons. The number of amides is 1. The average molecular weight is 492 g/mol. The van der Waals surface area contributed by atoms with E-state index < -0.39 is 0 Å². The van der Waals surface area contributed by atoms with Crippen LogP contribution >= 0.6 is 0 Å². The molecular weight excluding hydrogens is 461 g/mol. The van der Waals surface area contributed by atoms with Crippen LogP contribution in [0.25, 0.3) is 10.9 Å². The van der Waals surface area contributed by atoms with Crippen molar-refractivity contribution in [3.8, 4) is 17.2 Å². The maximum Gasteiger partial charge on any atom is 0.231 e. The monoisotopic (exact) mass is 491 g/mol. The molecule has 0 fully saturated rings. The third-order valence-electron chi connectivity index (χ3n) is 5.79. The number of nitrogens with one attached hydrogen (secondary N) is 1. The predicted molar refractivity (Wildman–Crippen MR) is 136 cm³/mol. The molecule has 0 aliphatic heterocycles. The van der Waals surface area contributed by atoms with E-state index in [-0.39, 0.29) is 23.7 Å². The first-order valence-corrected chi connectivity index (χ1v) is 11.7. The quantitative estimate of drug-likeness (QED) is 0.363. The Balaban J connectivity index is 1.56. The van der Waals surface area contributed by atoms with Crippen LogP contribution in [0, 0.1) is 12.7 Å². The summed E-state index contributed by atoms with van der Waals surface area (Å²) in [5.41, 5.74) is 2.67. The molecule has 3 aromatic heterocycles. The summed E-state index contributed by atoms with van der Waals surface area (Å²) in [7, 11) is 1.51. The van der Waals surface area contributed by atoms with Crippen molar-refractivity contribution in [1.29, 1.82) is 0 Å². The normalized spacial score (nSPS) is 11.5. The number of methoxy groups -OCH3 is 1. The minimum Gasteiger partial charge on any atom is -0.495 e. The molecule has 9 heteroatoms. The summed E-state index contributed by atoms with van der Waals surface area (Å²) in [6, 6.07) is 7.62. The number of benzene rings is 1. The van der Waals surface area contributed by atoms with Gasteiger partial charge >= 0.3 is 0 Å². The second-order valence-corrected chi connectivity index (χ2v) is 9.47. The fraction of sp³-hybridized carbons (Fsp3) is 0.333. The third kappa shape index (κ3) is 5.15. The zero-order valence-electron chi connectivity index (χ0n) is 21.3. The van der Waals surface area contributed by atoms with Gasteiger partial charge in [-0.05, 0) is 58.4 Å².